The normalized spacial score (nSPS) is 10.3. The fourth-order valence-electron chi connectivity index (χ4n) is 2.78. The number of rotatable bonds is 7. The second kappa shape index (κ2) is 9.45. The summed E-state index contributed by atoms with van der Waals surface area (Å²) in [5, 5.41) is 3.19. The van der Waals surface area contributed by atoms with Gasteiger partial charge in [0.2, 0.25) is 0 Å². The number of likely N-dealkylation sites (N-methyl/N-ethyl adjacent to an activating group) is 1. The van der Waals surface area contributed by atoms with Gasteiger partial charge in [-0.15, -0.1) is 0 Å². The minimum Gasteiger partial charge on any atom is -0.465 e. The maximum Gasteiger partial charge on any atom is 0.337 e. The van der Waals surface area contributed by atoms with Gasteiger partial charge in [-0.1, -0.05) is 6.07 Å². The smallest absolute Gasteiger partial charge is 0.337 e. The molecule has 3 aromatic rings. The highest BCUT2D eigenvalue weighted by molar-refractivity contribution is 5.93. The molecule has 29 heavy (non-hydrogen) atoms. The third-order valence-electron chi connectivity index (χ3n) is 4.38. The van der Waals surface area contributed by atoms with Crippen molar-refractivity contribution >= 4 is 23.3 Å². The van der Waals surface area contributed by atoms with E-state index in [4.69, 9.17) is 4.74 Å². The van der Waals surface area contributed by atoms with Gasteiger partial charge in [-0.25, -0.2) is 4.79 Å². The molecule has 0 aliphatic carbocycles. The van der Waals surface area contributed by atoms with Gasteiger partial charge in [0.25, 0.3) is 5.91 Å². The third-order valence-corrected chi connectivity index (χ3v) is 4.38. The molecule has 0 atom stereocenters. The molecule has 0 aliphatic heterocycles. The van der Waals surface area contributed by atoms with Crippen LogP contribution in [0, 0.1) is 0 Å². The number of carbonyl (C=O) groups is 2. The molecule has 148 valence electrons. The summed E-state index contributed by atoms with van der Waals surface area (Å²) in [7, 11) is 3.10. The van der Waals surface area contributed by atoms with Crippen LogP contribution in [0.4, 0.5) is 11.4 Å². The highest BCUT2D eigenvalue weighted by atomic mass is 16.5. The number of aromatic nitrogens is 2. The monoisotopic (exact) mass is 390 g/mol. The predicted octanol–water partition coefficient (Wildman–Crippen LogP) is 3.32. The van der Waals surface area contributed by atoms with Gasteiger partial charge in [-0.05, 0) is 54.4 Å². The number of ether oxygens (including phenoxy) is 1. The molecule has 0 saturated heterocycles. The zero-order chi connectivity index (χ0) is 20.6. The summed E-state index contributed by atoms with van der Waals surface area (Å²) in [5.41, 5.74) is 3.32. The van der Waals surface area contributed by atoms with E-state index in [9.17, 15) is 9.59 Å². The average Bonchev–Trinajstić information content (AvgIpc) is 2.77. The van der Waals surface area contributed by atoms with E-state index in [1.165, 1.54) is 7.11 Å². The Labute approximate surface area is 169 Å². The van der Waals surface area contributed by atoms with Crippen LogP contribution in [0.15, 0.2) is 67.1 Å². The van der Waals surface area contributed by atoms with Crippen molar-refractivity contribution in [3.8, 4) is 0 Å². The SMILES string of the molecule is COC(=O)c1cccc(Nc2ccnc(C(=O)N(C)CCc3ccncc3)c2)c1. The predicted molar refractivity (Wildman–Crippen MR) is 110 cm³/mol. The molecule has 1 N–H and O–H groups in total. The Hall–Kier alpha value is -3.74. The molecule has 7 nitrogen and oxygen atoms in total. The summed E-state index contributed by atoms with van der Waals surface area (Å²) in [6, 6.07) is 14.3. The number of hydrogen-bond donors (Lipinski definition) is 1. The lowest BCUT2D eigenvalue weighted by Crippen LogP contribution is -2.29. The van der Waals surface area contributed by atoms with Gasteiger partial charge in [0, 0.05) is 43.6 Å². The van der Waals surface area contributed by atoms with E-state index in [1.54, 1.807) is 60.9 Å². The van der Waals surface area contributed by atoms with Crippen molar-refractivity contribution in [1.82, 2.24) is 14.9 Å². The summed E-state index contributed by atoms with van der Waals surface area (Å²) in [6.07, 6.45) is 5.80. The third kappa shape index (κ3) is 5.38. The van der Waals surface area contributed by atoms with Crippen molar-refractivity contribution in [2.24, 2.45) is 0 Å². The second-order valence-corrected chi connectivity index (χ2v) is 6.46. The lowest BCUT2D eigenvalue weighted by molar-refractivity contribution is 0.0600. The van der Waals surface area contributed by atoms with E-state index in [-0.39, 0.29) is 5.91 Å². The van der Waals surface area contributed by atoms with Gasteiger partial charge in [-0.2, -0.15) is 0 Å². The number of anilines is 2. The molecule has 3 rings (SSSR count). The Bertz CT molecular complexity index is 992. The lowest BCUT2D eigenvalue weighted by atomic mass is 10.2. The van der Waals surface area contributed by atoms with E-state index < -0.39 is 5.97 Å². The van der Waals surface area contributed by atoms with E-state index in [1.807, 2.05) is 18.2 Å². The minimum absolute atomic E-state index is 0.161. The number of methoxy groups -OCH3 is 1. The van der Waals surface area contributed by atoms with Gasteiger partial charge >= 0.3 is 5.97 Å². The summed E-state index contributed by atoms with van der Waals surface area (Å²) >= 11 is 0. The van der Waals surface area contributed by atoms with Gasteiger partial charge in [0.15, 0.2) is 0 Å². The molecule has 0 fully saturated rings. The molecule has 2 aromatic heterocycles. The summed E-state index contributed by atoms with van der Waals surface area (Å²) in [5.74, 6) is -0.568. The molecule has 0 saturated carbocycles. The van der Waals surface area contributed by atoms with Gasteiger partial charge in [0.1, 0.15) is 5.69 Å². The van der Waals surface area contributed by atoms with Crippen molar-refractivity contribution in [2.75, 3.05) is 26.0 Å². The fourth-order valence-corrected chi connectivity index (χ4v) is 2.78. The summed E-state index contributed by atoms with van der Waals surface area (Å²) in [4.78, 5) is 34.2. The number of nitrogens with zero attached hydrogens (tertiary/aromatic N) is 3. The first-order valence-electron chi connectivity index (χ1n) is 9.12. The largest absolute Gasteiger partial charge is 0.465 e. The number of amides is 1. The van der Waals surface area contributed by atoms with Crippen LogP contribution >= 0.6 is 0 Å². The molecule has 1 amide bonds. The van der Waals surface area contributed by atoms with Crippen LogP contribution in [0.3, 0.4) is 0 Å². The van der Waals surface area contributed by atoms with Crippen LogP contribution in [0.2, 0.25) is 0 Å². The van der Waals surface area contributed by atoms with Gasteiger partial charge < -0.3 is 15.0 Å². The number of pyridine rings is 2. The maximum atomic E-state index is 12.7. The van der Waals surface area contributed by atoms with Crippen LogP contribution in [0.1, 0.15) is 26.4 Å². The first kappa shape index (κ1) is 20.0. The fraction of sp³-hybridized carbons (Fsp3) is 0.182. The molecule has 7 heteroatoms. The molecule has 0 spiro atoms. The molecule has 2 heterocycles. The molecule has 0 aliphatic rings. The van der Waals surface area contributed by atoms with E-state index in [2.05, 4.69) is 15.3 Å². The first-order valence-corrected chi connectivity index (χ1v) is 9.12. The van der Waals surface area contributed by atoms with Crippen LogP contribution < -0.4 is 5.32 Å². The average molecular weight is 390 g/mol. The minimum atomic E-state index is -0.407. The highest BCUT2D eigenvalue weighted by Crippen LogP contribution is 2.19. The molecule has 0 unspecified atom stereocenters. The van der Waals surface area contributed by atoms with Gasteiger partial charge in [-0.3, -0.25) is 14.8 Å². The van der Waals surface area contributed by atoms with E-state index >= 15 is 0 Å². The number of hydrogen-bond acceptors (Lipinski definition) is 6. The first-order chi connectivity index (χ1) is 14.1. The highest BCUT2D eigenvalue weighted by Gasteiger charge is 2.14. The number of benzene rings is 1. The molecule has 0 radical (unpaired) electrons. The zero-order valence-corrected chi connectivity index (χ0v) is 16.3. The second-order valence-electron chi connectivity index (χ2n) is 6.46. The van der Waals surface area contributed by atoms with Crippen LogP contribution in [-0.4, -0.2) is 47.4 Å². The topological polar surface area (TPSA) is 84.4 Å². The molecular weight excluding hydrogens is 368 g/mol. The summed E-state index contributed by atoms with van der Waals surface area (Å²) < 4.78 is 4.74. The van der Waals surface area contributed by atoms with Crippen molar-refractivity contribution in [2.45, 2.75) is 6.42 Å². The number of esters is 1. The zero-order valence-electron chi connectivity index (χ0n) is 16.3. The molecule has 0 bridgehead atoms. The van der Waals surface area contributed by atoms with Crippen molar-refractivity contribution in [3.63, 3.8) is 0 Å². The van der Waals surface area contributed by atoms with Crippen LogP contribution in [-0.2, 0) is 11.2 Å². The van der Waals surface area contributed by atoms with Crippen LogP contribution in [0.25, 0.3) is 0 Å². The standard InChI is InChI=1S/C22H22N4O3/c1-26(13-9-16-6-10-23-11-7-16)21(27)20-15-19(8-12-24-20)25-18-5-3-4-17(14-18)22(28)29-2/h3-8,10-12,14-15H,9,13H2,1-2H3,(H,24,25). The van der Waals surface area contributed by atoms with E-state index in [0.717, 1.165) is 12.0 Å². The Kier molecular flexibility index (Phi) is 6.52. The lowest BCUT2D eigenvalue weighted by Gasteiger charge is -2.17. The quantitative estimate of drug-likeness (QED) is 0.623. The maximum absolute atomic E-state index is 12.7. The van der Waals surface area contributed by atoms with Crippen molar-refractivity contribution < 1.29 is 14.3 Å². The Morgan fingerprint density at radius 3 is 2.55 bits per heavy atom. The molecule has 1 aromatic carbocycles. The van der Waals surface area contributed by atoms with Crippen molar-refractivity contribution in [3.05, 3.63) is 83.9 Å². The van der Waals surface area contributed by atoms with E-state index in [0.29, 0.717) is 29.2 Å². The van der Waals surface area contributed by atoms with Gasteiger partial charge in [0.05, 0.1) is 12.7 Å². The summed E-state index contributed by atoms with van der Waals surface area (Å²) in [6.45, 7) is 0.573. The Morgan fingerprint density at radius 2 is 1.79 bits per heavy atom. The Morgan fingerprint density at radius 1 is 1.03 bits per heavy atom. The van der Waals surface area contributed by atoms with Crippen LogP contribution in [0.5, 0.6) is 0 Å². The number of nitrogens with one attached hydrogen (secondary N) is 1. The molecular formula is C22H22N4O3. The Balaban J connectivity index is 1.67. The van der Waals surface area contributed by atoms with Crippen molar-refractivity contribution in [1.29, 1.82) is 0 Å². The number of carbonyl (C=O) groups excluding carboxylic acids is 2.